The Morgan fingerprint density at radius 1 is 1.24 bits per heavy atom. The van der Waals surface area contributed by atoms with Crippen LogP contribution in [0.15, 0.2) is 59.5 Å². The third kappa shape index (κ3) is 3.45. The van der Waals surface area contributed by atoms with Gasteiger partial charge in [0.1, 0.15) is 23.5 Å². The van der Waals surface area contributed by atoms with Crippen LogP contribution in [0.2, 0.25) is 0 Å². The maximum atomic E-state index is 13.5. The van der Waals surface area contributed by atoms with Gasteiger partial charge < -0.3 is 15.5 Å². The average Bonchev–Trinajstić information content (AvgIpc) is 3.36. The minimum absolute atomic E-state index is 0.0642. The summed E-state index contributed by atoms with van der Waals surface area (Å²) in [6.45, 7) is 1.74. The fourth-order valence-electron chi connectivity index (χ4n) is 3.00. The number of nitrogens with one attached hydrogen (secondary N) is 1. The third-order valence-corrected chi connectivity index (χ3v) is 4.44. The SMILES string of the molecule is C[C@@H](NC(=O)c1cc(-c2ccco2)nc2c(C(N)=O)ncn12)c1cccc(F)c1. The molecular weight excluding hydrogens is 377 g/mol. The second kappa shape index (κ2) is 7.19. The highest BCUT2D eigenvalue weighted by molar-refractivity contribution is 5.99. The molecule has 3 heterocycles. The molecule has 0 saturated carbocycles. The molecule has 0 aliphatic rings. The Kier molecular flexibility index (Phi) is 4.55. The van der Waals surface area contributed by atoms with Crippen LogP contribution in [0.4, 0.5) is 4.39 Å². The van der Waals surface area contributed by atoms with Crippen molar-refractivity contribution in [2.75, 3.05) is 0 Å². The molecule has 2 amide bonds. The number of aromatic nitrogens is 3. The standard InChI is InChI=1S/C20H16FN5O3/c1-11(12-4-2-5-13(21)8-12)24-20(28)15-9-14(16-6-3-7-29-16)25-19-17(18(22)27)23-10-26(15)19/h2-11H,1H3,(H2,22,27)(H,24,28)/t11-/m1/s1. The van der Waals surface area contributed by atoms with Gasteiger partial charge in [0.05, 0.1) is 12.3 Å². The number of halogens is 1. The topological polar surface area (TPSA) is 116 Å². The van der Waals surface area contributed by atoms with Crippen molar-refractivity contribution >= 4 is 17.5 Å². The highest BCUT2D eigenvalue weighted by Crippen LogP contribution is 2.22. The zero-order valence-electron chi connectivity index (χ0n) is 15.3. The van der Waals surface area contributed by atoms with Gasteiger partial charge in [-0.1, -0.05) is 12.1 Å². The Morgan fingerprint density at radius 2 is 2.07 bits per heavy atom. The molecule has 3 N–H and O–H groups in total. The number of rotatable bonds is 5. The summed E-state index contributed by atoms with van der Waals surface area (Å²) in [4.78, 5) is 33.0. The number of imidazole rings is 1. The van der Waals surface area contributed by atoms with E-state index >= 15 is 0 Å². The lowest BCUT2D eigenvalue weighted by Crippen LogP contribution is -2.28. The Bertz CT molecular complexity index is 1220. The molecule has 0 spiro atoms. The van der Waals surface area contributed by atoms with Gasteiger partial charge in [0.15, 0.2) is 17.1 Å². The van der Waals surface area contributed by atoms with E-state index in [1.54, 1.807) is 31.2 Å². The van der Waals surface area contributed by atoms with Gasteiger partial charge in [-0.3, -0.25) is 14.0 Å². The van der Waals surface area contributed by atoms with Crippen molar-refractivity contribution in [1.82, 2.24) is 19.7 Å². The summed E-state index contributed by atoms with van der Waals surface area (Å²) in [5.74, 6) is -1.21. The molecule has 146 valence electrons. The van der Waals surface area contributed by atoms with E-state index in [1.165, 1.54) is 35.2 Å². The summed E-state index contributed by atoms with van der Waals surface area (Å²) >= 11 is 0. The van der Waals surface area contributed by atoms with Gasteiger partial charge in [-0.25, -0.2) is 14.4 Å². The van der Waals surface area contributed by atoms with E-state index in [2.05, 4.69) is 15.3 Å². The van der Waals surface area contributed by atoms with Crippen LogP contribution in [-0.4, -0.2) is 26.2 Å². The van der Waals surface area contributed by atoms with E-state index in [9.17, 15) is 14.0 Å². The zero-order valence-corrected chi connectivity index (χ0v) is 15.3. The first kappa shape index (κ1) is 18.4. The maximum Gasteiger partial charge on any atom is 0.271 e. The first-order valence-corrected chi connectivity index (χ1v) is 8.72. The Labute approximate surface area is 164 Å². The Morgan fingerprint density at radius 3 is 2.76 bits per heavy atom. The molecule has 1 aromatic carbocycles. The Hall–Kier alpha value is -4.01. The predicted molar refractivity (Wildman–Crippen MR) is 101 cm³/mol. The van der Waals surface area contributed by atoms with Crippen molar-refractivity contribution in [1.29, 1.82) is 0 Å². The molecule has 3 aromatic heterocycles. The van der Waals surface area contributed by atoms with Crippen LogP contribution < -0.4 is 11.1 Å². The van der Waals surface area contributed by atoms with Gasteiger partial charge in [-0.2, -0.15) is 0 Å². The lowest BCUT2D eigenvalue weighted by molar-refractivity contribution is 0.0932. The number of benzene rings is 1. The van der Waals surface area contributed by atoms with Crippen molar-refractivity contribution in [3.63, 3.8) is 0 Å². The minimum Gasteiger partial charge on any atom is -0.463 e. The van der Waals surface area contributed by atoms with Gasteiger partial charge in [0.2, 0.25) is 0 Å². The second-order valence-electron chi connectivity index (χ2n) is 6.41. The molecule has 1 atom stereocenters. The summed E-state index contributed by atoms with van der Waals surface area (Å²) in [5, 5.41) is 2.81. The van der Waals surface area contributed by atoms with E-state index in [0.717, 1.165) is 0 Å². The summed E-state index contributed by atoms with van der Waals surface area (Å²) in [5.41, 5.74) is 6.57. The summed E-state index contributed by atoms with van der Waals surface area (Å²) in [7, 11) is 0. The largest absolute Gasteiger partial charge is 0.463 e. The van der Waals surface area contributed by atoms with Gasteiger partial charge in [0.25, 0.3) is 11.8 Å². The van der Waals surface area contributed by atoms with Crippen molar-refractivity contribution in [2.45, 2.75) is 13.0 Å². The van der Waals surface area contributed by atoms with Crippen molar-refractivity contribution in [3.05, 3.63) is 77.8 Å². The van der Waals surface area contributed by atoms with Crippen molar-refractivity contribution in [2.24, 2.45) is 5.73 Å². The van der Waals surface area contributed by atoms with Crippen LogP contribution in [-0.2, 0) is 0 Å². The molecule has 0 radical (unpaired) electrons. The average molecular weight is 393 g/mol. The molecule has 0 aliphatic heterocycles. The second-order valence-corrected chi connectivity index (χ2v) is 6.41. The number of nitrogens with zero attached hydrogens (tertiary/aromatic N) is 3. The van der Waals surface area contributed by atoms with Crippen LogP contribution in [0.1, 0.15) is 39.5 Å². The summed E-state index contributed by atoms with van der Waals surface area (Å²) < 4.78 is 20.2. The smallest absolute Gasteiger partial charge is 0.271 e. The number of furan rings is 1. The molecule has 9 heteroatoms. The monoisotopic (exact) mass is 393 g/mol. The van der Waals surface area contributed by atoms with Crippen molar-refractivity contribution in [3.8, 4) is 11.5 Å². The number of carbonyl (C=O) groups excluding carboxylic acids is 2. The maximum absolute atomic E-state index is 13.5. The number of nitrogens with two attached hydrogens (primary N) is 1. The van der Waals surface area contributed by atoms with E-state index in [1.807, 2.05) is 0 Å². The van der Waals surface area contributed by atoms with Gasteiger partial charge >= 0.3 is 0 Å². The molecule has 4 aromatic rings. The Balaban J connectivity index is 1.77. The molecule has 8 nitrogen and oxygen atoms in total. The summed E-state index contributed by atoms with van der Waals surface area (Å²) in [6.07, 6.45) is 2.77. The molecule has 29 heavy (non-hydrogen) atoms. The molecule has 0 bridgehead atoms. The van der Waals surface area contributed by atoms with E-state index in [0.29, 0.717) is 17.0 Å². The van der Waals surface area contributed by atoms with Crippen LogP contribution >= 0.6 is 0 Å². The molecule has 4 rings (SSSR count). The molecule has 0 fully saturated rings. The fourth-order valence-corrected chi connectivity index (χ4v) is 3.00. The third-order valence-electron chi connectivity index (χ3n) is 4.44. The number of hydrogen-bond donors (Lipinski definition) is 2. The highest BCUT2D eigenvalue weighted by atomic mass is 19.1. The molecule has 0 aliphatic carbocycles. The van der Waals surface area contributed by atoms with Gasteiger partial charge in [-0.05, 0) is 42.8 Å². The number of hydrogen-bond acceptors (Lipinski definition) is 5. The van der Waals surface area contributed by atoms with Crippen LogP contribution in [0, 0.1) is 5.82 Å². The molecular formula is C20H16FN5O3. The van der Waals surface area contributed by atoms with E-state index in [4.69, 9.17) is 10.2 Å². The first-order valence-electron chi connectivity index (χ1n) is 8.72. The van der Waals surface area contributed by atoms with Gasteiger partial charge in [0, 0.05) is 0 Å². The van der Waals surface area contributed by atoms with E-state index < -0.39 is 23.7 Å². The van der Waals surface area contributed by atoms with Crippen LogP contribution in [0.3, 0.4) is 0 Å². The number of amides is 2. The highest BCUT2D eigenvalue weighted by Gasteiger charge is 2.21. The fraction of sp³-hybridized carbons (Fsp3) is 0.100. The number of fused-ring (bicyclic) bond motifs is 1. The van der Waals surface area contributed by atoms with Crippen molar-refractivity contribution < 1.29 is 18.4 Å². The normalized spacial score (nSPS) is 12.1. The minimum atomic E-state index is -0.768. The zero-order chi connectivity index (χ0) is 20.5. The quantitative estimate of drug-likeness (QED) is 0.541. The lowest BCUT2D eigenvalue weighted by atomic mass is 10.1. The van der Waals surface area contributed by atoms with Gasteiger partial charge in [-0.15, -0.1) is 0 Å². The molecule has 0 saturated heterocycles. The lowest BCUT2D eigenvalue weighted by Gasteiger charge is -2.15. The number of primary amides is 1. The summed E-state index contributed by atoms with van der Waals surface area (Å²) in [6, 6.07) is 10.4. The number of carbonyl (C=O) groups is 2. The van der Waals surface area contributed by atoms with E-state index in [-0.39, 0.29) is 17.0 Å². The van der Waals surface area contributed by atoms with Crippen LogP contribution in [0.25, 0.3) is 17.1 Å². The predicted octanol–water partition coefficient (Wildman–Crippen LogP) is 2.72. The van der Waals surface area contributed by atoms with Crippen LogP contribution in [0.5, 0.6) is 0 Å². The molecule has 0 unspecified atom stereocenters. The first-order chi connectivity index (χ1) is 13.9.